The first-order valence-corrected chi connectivity index (χ1v) is 23.3. The van der Waals surface area contributed by atoms with Gasteiger partial charge in [0.2, 0.25) is 0 Å². The first-order valence-electron chi connectivity index (χ1n) is 23.3. The molecule has 3 nitrogen and oxygen atoms in total. The van der Waals surface area contributed by atoms with E-state index in [-0.39, 0.29) is 0 Å². The maximum absolute atomic E-state index is 5.22. The quantitative estimate of drug-likeness (QED) is 0.149. The second-order valence-electron chi connectivity index (χ2n) is 17.6. The largest absolute Gasteiger partial charge is 0.309 e. The van der Waals surface area contributed by atoms with E-state index in [1.165, 1.54) is 82.6 Å². The lowest BCUT2D eigenvalue weighted by Gasteiger charge is -2.14. The molecule has 0 aliphatic carbocycles. The molecule has 0 atom stereocenters. The highest BCUT2D eigenvalue weighted by Gasteiger charge is 2.18. The van der Waals surface area contributed by atoms with Crippen LogP contribution >= 0.6 is 0 Å². The van der Waals surface area contributed by atoms with Crippen LogP contribution in [-0.2, 0) is 0 Å². The van der Waals surface area contributed by atoms with Crippen LogP contribution in [0, 0.1) is 0 Å². The first-order chi connectivity index (χ1) is 33.7. The van der Waals surface area contributed by atoms with Gasteiger partial charge in [0, 0.05) is 44.0 Å². The van der Waals surface area contributed by atoms with Crippen molar-refractivity contribution in [1.29, 1.82) is 0 Å². The van der Waals surface area contributed by atoms with Gasteiger partial charge in [0.25, 0.3) is 0 Å². The number of rotatable bonds is 8. The Balaban J connectivity index is 0.926. The summed E-state index contributed by atoms with van der Waals surface area (Å²) in [7, 11) is 0. The molecule has 3 heterocycles. The smallest absolute Gasteiger partial charge is 0.0715 e. The number of para-hydroxylation sites is 2. The number of benzene rings is 10. The van der Waals surface area contributed by atoms with Gasteiger partial charge < -0.3 is 9.13 Å². The molecule has 318 valence electrons. The van der Waals surface area contributed by atoms with E-state index in [9.17, 15) is 0 Å². The minimum atomic E-state index is 0.943. The molecule has 3 aromatic heterocycles. The fourth-order valence-electron chi connectivity index (χ4n) is 10.2. The molecule has 0 aliphatic heterocycles. The molecule has 0 aliphatic rings. The Morgan fingerprint density at radius 2 is 0.603 bits per heavy atom. The monoisotopic (exact) mass is 865 g/mol. The summed E-state index contributed by atoms with van der Waals surface area (Å²) in [6.45, 7) is 0. The molecule has 68 heavy (non-hydrogen) atoms. The average Bonchev–Trinajstić information content (AvgIpc) is 3.94. The summed E-state index contributed by atoms with van der Waals surface area (Å²) >= 11 is 0. The van der Waals surface area contributed by atoms with Gasteiger partial charge in [0.15, 0.2) is 0 Å². The zero-order valence-corrected chi connectivity index (χ0v) is 37.2. The summed E-state index contributed by atoms with van der Waals surface area (Å²) in [4.78, 5) is 5.22. The van der Waals surface area contributed by atoms with Gasteiger partial charge in [-0.2, -0.15) is 0 Å². The van der Waals surface area contributed by atoms with Crippen LogP contribution in [0.4, 0.5) is 0 Å². The Labute approximate surface area is 395 Å². The summed E-state index contributed by atoms with van der Waals surface area (Å²) in [5.41, 5.74) is 20.4. The topological polar surface area (TPSA) is 22.8 Å². The van der Waals surface area contributed by atoms with Crippen LogP contribution in [0.25, 0.3) is 122 Å². The molecule has 13 rings (SSSR count). The zero-order chi connectivity index (χ0) is 45.0. The molecule has 0 radical (unpaired) electrons. The average molecular weight is 866 g/mol. The van der Waals surface area contributed by atoms with Gasteiger partial charge in [-0.15, -0.1) is 0 Å². The predicted molar refractivity (Wildman–Crippen MR) is 286 cm³/mol. The Hall–Kier alpha value is -9.05. The molecular formula is C65H43N3. The van der Waals surface area contributed by atoms with Crippen molar-refractivity contribution in [3.63, 3.8) is 0 Å². The summed E-state index contributed by atoms with van der Waals surface area (Å²) in [5.74, 6) is 0. The SMILES string of the molecule is c1ccc(-c2cc(-c3ccccc3)cc(-n3c4ccccc4c4cc(-c5ccc6c7ccccc7n(-c7ccc(-c8cc(-c9ccccc9)cc(-c9ccccc9)n8)cc7)c6c5)ccc43)c2)cc1. The molecule has 13 aromatic rings. The van der Waals surface area contributed by atoms with Crippen molar-refractivity contribution in [3.05, 3.63) is 261 Å². The molecule has 0 unspecified atom stereocenters. The third kappa shape index (κ3) is 6.88. The van der Waals surface area contributed by atoms with Gasteiger partial charge in [0.1, 0.15) is 0 Å². The van der Waals surface area contributed by atoms with E-state index in [4.69, 9.17) is 4.98 Å². The molecule has 3 heteroatoms. The van der Waals surface area contributed by atoms with Crippen molar-refractivity contribution in [2.24, 2.45) is 0 Å². The van der Waals surface area contributed by atoms with Gasteiger partial charge in [-0.25, -0.2) is 4.98 Å². The lowest BCUT2D eigenvalue weighted by molar-refractivity contribution is 1.18. The zero-order valence-electron chi connectivity index (χ0n) is 37.2. The standard InChI is InChI=1S/C65H43N3/c1-5-17-44(18-6-1)51-37-52(45-19-7-2-8-20-45)39-55(38-51)68-63-28-16-14-26-57(63)59-40-49(32-36-64(59)68)50-31-35-58-56-25-13-15-27-62(56)67(65(58)43-50)54-33-29-48(30-34-54)61-42-53(46-21-9-3-10-22-46)41-60(66-61)47-23-11-4-12-24-47/h1-43H. The maximum Gasteiger partial charge on any atom is 0.0715 e. The number of aromatic nitrogens is 3. The van der Waals surface area contributed by atoms with Crippen molar-refractivity contribution < 1.29 is 0 Å². The lowest BCUT2D eigenvalue weighted by Crippen LogP contribution is -1.96. The highest BCUT2D eigenvalue weighted by molar-refractivity contribution is 6.12. The van der Waals surface area contributed by atoms with Crippen molar-refractivity contribution in [2.45, 2.75) is 0 Å². The molecule has 0 N–H and O–H groups in total. The number of fused-ring (bicyclic) bond motifs is 6. The van der Waals surface area contributed by atoms with Crippen molar-refractivity contribution in [3.8, 4) is 78.4 Å². The minimum Gasteiger partial charge on any atom is -0.309 e. The van der Waals surface area contributed by atoms with E-state index in [1.807, 2.05) is 0 Å². The van der Waals surface area contributed by atoms with Gasteiger partial charge in [-0.3, -0.25) is 0 Å². The molecule has 0 saturated heterocycles. The van der Waals surface area contributed by atoms with Crippen LogP contribution < -0.4 is 0 Å². The summed E-state index contributed by atoms with van der Waals surface area (Å²) in [6, 6.07) is 94.3. The third-order valence-corrected chi connectivity index (χ3v) is 13.5. The Morgan fingerprint density at radius 1 is 0.206 bits per heavy atom. The van der Waals surface area contributed by atoms with E-state index in [0.717, 1.165) is 39.5 Å². The Morgan fingerprint density at radius 3 is 1.18 bits per heavy atom. The fourth-order valence-corrected chi connectivity index (χ4v) is 10.2. The van der Waals surface area contributed by atoms with Crippen LogP contribution in [0.3, 0.4) is 0 Å². The molecule has 10 aromatic carbocycles. The van der Waals surface area contributed by atoms with Crippen molar-refractivity contribution >= 4 is 43.6 Å². The number of hydrogen-bond donors (Lipinski definition) is 0. The van der Waals surface area contributed by atoms with Gasteiger partial charge in [-0.1, -0.05) is 188 Å². The van der Waals surface area contributed by atoms with Crippen LogP contribution in [0.2, 0.25) is 0 Å². The van der Waals surface area contributed by atoms with Crippen LogP contribution in [0.15, 0.2) is 261 Å². The molecule has 0 bridgehead atoms. The molecular weight excluding hydrogens is 823 g/mol. The van der Waals surface area contributed by atoms with E-state index >= 15 is 0 Å². The predicted octanol–water partition coefficient (Wildman–Crippen LogP) is 17.3. The normalized spacial score (nSPS) is 11.5. The summed E-state index contributed by atoms with van der Waals surface area (Å²) in [5, 5.41) is 4.91. The Bertz CT molecular complexity index is 3860. The summed E-state index contributed by atoms with van der Waals surface area (Å²) < 4.78 is 4.85. The van der Waals surface area contributed by atoms with Gasteiger partial charge >= 0.3 is 0 Å². The molecule has 0 amide bonds. The molecule has 0 fully saturated rings. The number of hydrogen-bond acceptors (Lipinski definition) is 1. The van der Waals surface area contributed by atoms with Crippen molar-refractivity contribution in [2.75, 3.05) is 0 Å². The van der Waals surface area contributed by atoms with E-state index in [0.29, 0.717) is 0 Å². The molecule has 0 saturated carbocycles. The van der Waals surface area contributed by atoms with E-state index in [2.05, 4.69) is 270 Å². The Kier molecular flexibility index (Phi) is 9.50. The van der Waals surface area contributed by atoms with E-state index < -0.39 is 0 Å². The highest BCUT2D eigenvalue weighted by Crippen LogP contribution is 2.40. The second kappa shape index (κ2) is 16.4. The van der Waals surface area contributed by atoms with Gasteiger partial charge in [0.05, 0.1) is 33.5 Å². The van der Waals surface area contributed by atoms with Gasteiger partial charge in [-0.05, 0) is 117 Å². The number of pyridine rings is 1. The number of nitrogens with zero attached hydrogens (tertiary/aromatic N) is 3. The van der Waals surface area contributed by atoms with Crippen LogP contribution in [0.5, 0.6) is 0 Å². The van der Waals surface area contributed by atoms with Crippen LogP contribution in [-0.4, -0.2) is 14.1 Å². The van der Waals surface area contributed by atoms with Crippen LogP contribution in [0.1, 0.15) is 0 Å². The second-order valence-corrected chi connectivity index (χ2v) is 17.6. The third-order valence-electron chi connectivity index (χ3n) is 13.5. The minimum absolute atomic E-state index is 0.943. The first kappa shape index (κ1) is 39.3. The van der Waals surface area contributed by atoms with Crippen molar-refractivity contribution in [1.82, 2.24) is 14.1 Å². The highest BCUT2D eigenvalue weighted by atomic mass is 15.0. The maximum atomic E-state index is 5.22. The summed E-state index contributed by atoms with van der Waals surface area (Å²) in [6.07, 6.45) is 0. The molecule has 0 spiro atoms. The lowest BCUT2D eigenvalue weighted by atomic mass is 9.98. The fraction of sp³-hybridized carbons (Fsp3) is 0. The van der Waals surface area contributed by atoms with E-state index in [1.54, 1.807) is 0 Å².